The Kier molecular flexibility index (Phi) is 2.99. The molecule has 1 heterocycles. The van der Waals surface area contributed by atoms with Crippen LogP contribution >= 0.6 is 0 Å². The molecule has 92 valence electrons. The van der Waals surface area contributed by atoms with Crippen LogP contribution in [0.4, 0.5) is 0 Å². The van der Waals surface area contributed by atoms with Crippen molar-refractivity contribution in [1.82, 2.24) is 14.9 Å². The highest BCUT2D eigenvalue weighted by atomic mass is 15.1. The van der Waals surface area contributed by atoms with Crippen LogP contribution in [0.1, 0.15) is 43.5 Å². The third-order valence-electron chi connectivity index (χ3n) is 3.67. The van der Waals surface area contributed by atoms with Gasteiger partial charge in [-0.1, -0.05) is 12.2 Å². The molecule has 0 aromatic carbocycles. The Morgan fingerprint density at radius 2 is 2.18 bits per heavy atom. The normalized spacial score (nSPS) is 22.2. The van der Waals surface area contributed by atoms with Gasteiger partial charge < -0.3 is 15.6 Å². The topological polar surface area (TPSA) is 55.9 Å². The molecule has 1 unspecified atom stereocenters. The van der Waals surface area contributed by atoms with Gasteiger partial charge in [-0.15, -0.1) is 0 Å². The van der Waals surface area contributed by atoms with Crippen LogP contribution in [0.15, 0.2) is 24.7 Å². The van der Waals surface area contributed by atoms with Crippen molar-refractivity contribution in [3.05, 3.63) is 30.4 Å². The van der Waals surface area contributed by atoms with Crippen LogP contribution in [0, 0.1) is 0 Å². The van der Waals surface area contributed by atoms with Gasteiger partial charge in [-0.2, -0.15) is 0 Å². The summed E-state index contributed by atoms with van der Waals surface area (Å²) in [6, 6.07) is 1.46. The maximum absolute atomic E-state index is 5.91. The molecule has 0 radical (unpaired) electrons. The highest BCUT2D eigenvalue weighted by Gasteiger charge is 2.28. The van der Waals surface area contributed by atoms with Gasteiger partial charge in [0.2, 0.25) is 0 Å². The second-order valence-electron chi connectivity index (χ2n) is 5.05. The summed E-state index contributed by atoms with van der Waals surface area (Å²) in [5, 5.41) is 3.64. The third-order valence-corrected chi connectivity index (χ3v) is 3.67. The van der Waals surface area contributed by atoms with Crippen molar-refractivity contribution in [2.45, 2.75) is 43.8 Å². The van der Waals surface area contributed by atoms with Gasteiger partial charge in [-0.3, -0.25) is 0 Å². The molecule has 4 nitrogen and oxygen atoms in total. The highest BCUT2D eigenvalue weighted by molar-refractivity contribution is 5.11. The molecule has 1 atom stereocenters. The Bertz CT molecular complexity index is 397. The summed E-state index contributed by atoms with van der Waals surface area (Å²) >= 11 is 0. The van der Waals surface area contributed by atoms with E-state index in [0.717, 1.165) is 12.8 Å². The summed E-state index contributed by atoms with van der Waals surface area (Å²) in [7, 11) is 0. The smallest absolute Gasteiger partial charge is 0.0951 e. The quantitative estimate of drug-likeness (QED) is 0.757. The minimum absolute atomic E-state index is 0.239. The first-order chi connectivity index (χ1) is 8.38. The van der Waals surface area contributed by atoms with E-state index in [2.05, 4.69) is 27.0 Å². The van der Waals surface area contributed by atoms with Crippen LogP contribution in [-0.4, -0.2) is 22.1 Å². The van der Waals surface area contributed by atoms with Gasteiger partial charge in [0.25, 0.3) is 0 Å². The van der Waals surface area contributed by atoms with Crippen LogP contribution in [0.2, 0.25) is 0 Å². The fourth-order valence-electron chi connectivity index (χ4n) is 2.55. The maximum Gasteiger partial charge on any atom is 0.0951 e. The van der Waals surface area contributed by atoms with Crippen molar-refractivity contribution in [3.63, 3.8) is 0 Å². The number of hydrogen-bond acceptors (Lipinski definition) is 3. The molecule has 0 aliphatic heterocycles. The summed E-state index contributed by atoms with van der Waals surface area (Å²) in [4.78, 5) is 4.28. The molecule has 1 aromatic heterocycles. The molecule has 2 aliphatic rings. The Morgan fingerprint density at radius 1 is 1.41 bits per heavy atom. The van der Waals surface area contributed by atoms with E-state index in [0.29, 0.717) is 18.6 Å². The number of nitrogens with two attached hydrogens (primary N) is 1. The van der Waals surface area contributed by atoms with E-state index < -0.39 is 0 Å². The summed E-state index contributed by atoms with van der Waals surface area (Å²) in [6.07, 6.45) is 13.2. The van der Waals surface area contributed by atoms with E-state index in [4.69, 9.17) is 5.73 Å². The van der Waals surface area contributed by atoms with Gasteiger partial charge in [0.15, 0.2) is 0 Å². The van der Waals surface area contributed by atoms with E-state index >= 15 is 0 Å². The van der Waals surface area contributed by atoms with Crippen LogP contribution in [-0.2, 0) is 0 Å². The minimum Gasteiger partial charge on any atom is -0.330 e. The zero-order chi connectivity index (χ0) is 11.7. The molecule has 0 bridgehead atoms. The van der Waals surface area contributed by atoms with Gasteiger partial charge in [0.05, 0.1) is 18.1 Å². The molecule has 1 saturated carbocycles. The van der Waals surface area contributed by atoms with Crippen molar-refractivity contribution < 1.29 is 0 Å². The lowest BCUT2D eigenvalue weighted by atomic mass is 10.1. The molecule has 4 heteroatoms. The second kappa shape index (κ2) is 4.63. The Morgan fingerprint density at radius 3 is 2.82 bits per heavy atom. The second-order valence-corrected chi connectivity index (χ2v) is 5.05. The Hall–Kier alpha value is -1.13. The van der Waals surface area contributed by atoms with Crippen molar-refractivity contribution in [1.29, 1.82) is 0 Å². The van der Waals surface area contributed by atoms with Crippen LogP contribution in [0.25, 0.3) is 0 Å². The standard InChI is InChI=1S/C13H20N4/c14-7-12(16-10-3-1-2-4-10)13-8-15-9-17(13)11-5-6-11/h1-2,8-12,16H,3-7,14H2. The first-order valence-corrected chi connectivity index (χ1v) is 6.51. The van der Waals surface area contributed by atoms with Crippen LogP contribution in [0.3, 0.4) is 0 Å². The molecule has 0 amide bonds. The molecule has 0 saturated heterocycles. The van der Waals surface area contributed by atoms with Gasteiger partial charge in [-0.05, 0) is 25.7 Å². The monoisotopic (exact) mass is 232 g/mol. The van der Waals surface area contributed by atoms with Crippen molar-refractivity contribution in [3.8, 4) is 0 Å². The fourth-order valence-corrected chi connectivity index (χ4v) is 2.55. The van der Waals surface area contributed by atoms with E-state index in [1.165, 1.54) is 18.5 Å². The SMILES string of the molecule is NCC(NC1CC=CC1)c1cncn1C1CC1. The molecule has 0 spiro atoms. The predicted octanol–water partition coefficient (Wildman–Crippen LogP) is 1.53. The number of hydrogen-bond donors (Lipinski definition) is 2. The summed E-state index contributed by atoms with van der Waals surface area (Å²) in [6.45, 7) is 0.634. The average molecular weight is 232 g/mol. The number of nitrogens with one attached hydrogen (secondary N) is 1. The van der Waals surface area contributed by atoms with E-state index in [-0.39, 0.29) is 6.04 Å². The average Bonchev–Trinajstić information content (AvgIpc) is 2.88. The predicted molar refractivity (Wildman–Crippen MR) is 67.6 cm³/mol. The van der Waals surface area contributed by atoms with Crippen molar-refractivity contribution in [2.75, 3.05) is 6.54 Å². The largest absolute Gasteiger partial charge is 0.330 e. The van der Waals surface area contributed by atoms with Crippen LogP contribution < -0.4 is 11.1 Å². The zero-order valence-corrected chi connectivity index (χ0v) is 10.0. The fraction of sp³-hybridized carbons (Fsp3) is 0.615. The first-order valence-electron chi connectivity index (χ1n) is 6.51. The van der Waals surface area contributed by atoms with Crippen LogP contribution in [0.5, 0.6) is 0 Å². The molecule has 1 fully saturated rings. The van der Waals surface area contributed by atoms with E-state index in [9.17, 15) is 0 Å². The Labute approximate surface area is 102 Å². The number of nitrogens with zero attached hydrogens (tertiary/aromatic N) is 2. The number of rotatable bonds is 5. The molecule has 3 rings (SSSR count). The highest BCUT2D eigenvalue weighted by Crippen LogP contribution is 2.36. The molecular weight excluding hydrogens is 212 g/mol. The van der Waals surface area contributed by atoms with Gasteiger partial charge >= 0.3 is 0 Å². The summed E-state index contributed by atoms with van der Waals surface area (Å²) in [5.74, 6) is 0. The minimum atomic E-state index is 0.239. The Balaban J connectivity index is 1.72. The lowest BCUT2D eigenvalue weighted by Gasteiger charge is -2.22. The van der Waals surface area contributed by atoms with E-state index in [1.54, 1.807) is 0 Å². The molecular formula is C13H20N4. The molecule has 3 N–H and O–H groups in total. The lowest BCUT2D eigenvalue weighted by molar-refractivity contribution is 0.433. The van der Waals surface area contributed by atoms with Gasteiger partial charge in [-0.25, -0.2) is 4.98 Å². The third kappa shape index (κ3) is 2.28. The number of aromatic nitrogens is 2. The van der Waals surface area contributed by atoms with Gasteiger partial charge in [0.1, 0.15) is 0 Å². The lowest BCUT2D eigenvalue weighted by Crippen LogP contribution is -2.36. The summed E-state index contributed by atoms with van der Waals surface area (Å²) < 4.78 is 2.30. The zero-order valence-electron chi connectivity index (χ0n) is 10.0. The van der Waals surface area contributed by atoms with Crippen molar-refractivity contribution >= 4 is 0 Å². The van der Waals surface area contributed by atoms with E-state index in [1.807, 2.05) is 12.5 Å². The summed E-state index contributed by atoms with van der Waals surface area (Å²) in [5.41, 5.74) is 7.16. The molecule has 1 aromatic rings. The first kappa shape index (κ1) is 11.0. The van der Waals surface area contributed by atoms with Gasteiger partial charge in [0, 0.05) is 24.8 Å². The number of imidazole rings is 1. The maximum atomic E-state index is 5.91. The van der Waals surface area contributed by atoms with Crippen molar-refractivity contribution in [2.24, 2.45) is 5.73 Å². The molecule has 17 heavy (non-hydrogen) atoms. The molecule has 2 aliphatic carbocycles.